The minimum absolute atomic E-state index is 0. The number of hydrogen-bond donors (Lipinski definition) is 2. The molecule has 2 aromatic heterocycles. The van der Waals surface area contributed by atoms with Crippen LogP contribution in [0, 0.1) is 0 Å². The molecule has 0 spiro atoms. The minimum Gasteiger partial charge on any atom is -0.478 e. The molecule has 2 aromatic rings. The van der Waals surface area contributed by atoms with Crippen molar-refractivity contribution in [3.05, 3.63) is 47.2 Å². The van der Waals surface area contributed by atoms with Gasteiger partial charge >= 0.3 is 0 Å². The second-order valence-corrected chi connectivity index (χ2v) is 7.34. The molecule has 0 amide bonds. The highest BCUT2D eigenvalue weighted by Crippen LogP contribution is 2.25. The monoisotopic (exact) mass is 544 g/mol. The van der Waals surface area contributed by atoms with Crippen molar-refractivity contribution in [1.29, 1.82) is 0 Å². The third-order valence-electron chi connectivity index (χ3n) is 4.58. The van der Waals surface area contributed by atoms with Crippen molar-refractivity contribution in [3.8, 4) is 5.88 Å². The summed E-state index contributed by atoms with van der Waals surface area (Å²) in [7, 11) is 0. The number of pyridine rings is 2. The van der Waals surface area contributed by atoms with Crippen LogP contribution in [0.3, 0.4) is 0 Å². The Balaban J connectivity index is 0.00000320. The van der Waals surface area contributed by atoms with E-state index < -0.39 is 0 Å². The van der Waals surface area contributed by atoms with Crippen molar-refractivity contribution in [2.45, 2.75) is 39.3 Å². The molecule has 1 atom stereocenters. The highest BCUT2D eigenvalue weighted by Gasteiger charge is 2.25. The van der Waals surface area contributed by atoms with E-state index in [-0.39, 0.29) is 30.0 Å². The molecule has 30 heavy (non-hydrogen) atoms. The SMILES string of the molecule is CCCOc1ccc(CN=C(NCC)NC2CCN(c3ncccc3Cl)C2)cn1.I. The summed E-state index contributed by atoms with van der Waals surface area (Å²) >= 11 is 6.29. The van der Waals surface area contributed by atoms with Crippen molar-refractivity contribution in [1.82, 2.24) is 20.6 Å². The zero-order valence-electron chi connectivity index (χ0n) is 17.5. The van der Waals surface area contributed by atoms with E-state index in [0.29, 0.717) is 24.1 Å². The Labute approximate surface area is 200 Å². The molecule has 0 saturated carbocycles. The minimum atomic E-state index is 0. The maximum Gasteiger partial charge on any atom is 0.213 e. The molecular weight excluding hydrogens is 515 g/mol. The van der Waals surface area contributed by atoms with Gasteiger partial charge in [0, 0.05) is 44.1 Å². The molecule has 3 rings (SSSR count). The summed E-state index contributed by atoms with van der Waals surface area (Å²) < 4.78 is 5.53. The van der Waals surface area contributed by atoms with Gasteiger partial charge in [0.1, 0.15) is 5.82 Å². The van der Waals surface area contributed by atoms with Gasteiger partial charge in [0.05, 0.1) is 18.2 Å². The topological polar surface area (TPSA) is 74.7 Å². The summed E-state index contributed by atoms with van der Waals surface area (Å²) in [4.78, 5) is 15.7. The molecule has 1 unspecified atom stereocenters. The zero-order chi connectivity index (χ0) is 20.5. The lowest BCUT2D eigenvalue weighted by atomic mass is 10.2. The predicted molar refractivity (Wildman–Crippen MR) is 133 cm³/mol. The number of hydrogen-bond acceptors (Lipinski definition) is 5. The van der Waals surface area contributed by atoms with Gasteiger partial charge in [-0.2, -0.15) is 0 Å². The lowest BCUT2D eigenvalue weighted by Crippen LogP contribution is -2.44. The summed E-state index contributed by atoms with van der Waals surface area (Å²) in [5.74, 6) is 2.30. The summed E-state index contributed by atoms with van der Waals surface area (Å²) in [6.07, 6.45) is 5.57. The van der Waals surface area contributed by atoms with E-state index >= 15 is 0 Å². The molecule has 2 N–H and O–H groups in total. The largest absolute Gasteiger partial charge is 0.478 e. The quantitative estimate of drug-likeness (QED) is 0.299. The number of aliphatic imine (C=N–C) groups is 1. The highest BCUT2D eigenvalue weighted by atomic mass is 127. The van der Waals surface area contributed by atoms with Gasteiger partial charge in [0.2, 0.25) is 5.88 Å². The number of rotatable bonds is 8. The number of ether oxygens (including phenoxy) is 1. The maximum atomic E-state index is 6.29. The fourth-order valence-electron chi connectivity index (χ4n) is 3.16. The van der Waals surface area contributed by atoms with Gasteiger partial charge in [-0.05, 0) is 37.5 Å². The van der Waals surface area contributed by atoms with Crippen molar-refractivity contribution in [3.63, 3.8) is 0 Å². The molecule has 3 heterocycles. The molecule has 1 saturated heterocycles. The van der Waals surface area contributed by atoms with E-state index in [2.05, 4.69) is 39.3 Å². The number of aromatic nitrogens is 2. The van der Waals surface area contributed by atoms with Crippen LogP contribution in [0.5, 0.6) is 5.88 Å². The van der Waals surface area contributed by atoms with E-state index in [1.807, 2.05) is 30.5 Å². The Morgan fingerprint density at radius 3 is 2.87 bits per heavy atom. The summed E-state index contributed by atoms with van der Waals surface area (Å²) in [6.45, 7) is 7.93. The molecule has 0 bridgehead atoms. The average molecular weight is 545 g/mol. The Kier molecular flexibility index (Phi) is 10.4. The smallest absolute Gasteiger partial charge is 0.213 e. The van der Waals surface area contributed by atoms with Crippen LogP contribution in [0.4, 0.5) is 5.82 Å². The van der Waals surface area contributed by atoms with Gasteiger partial charge in [-0.3, -0.25) is 0 Å². The van der Waals surface area contributed by atoms with Crippen LogP contribution < -0.4 is 20.3 Å². The molecule has 1 aliphatic rings. The number of guanidine groups is 1. The first-order valence-electron chi connectivity index (χ1n) is 10.2. The summed E-state index contributed by atoms with van der Waals surface area (Å²) in [5, 5.41) is 7.53. The van der Waals surface area contributed by atoms with Gasteiger partial charge in [-0.1, -0.05) is 24.6 Å². The van der Waals surface area contributed by atoms with Crippen LogP contribution in [0.2, 0.25) is 5.02 Å². The summed E-state index contributed by atoms with van der Waals surface area (Å²) in [6, 6.07) is 7.92. The molecule has 1 fully saturated rings. The van der Waals surface area contributed by atoms with Gasteiger partial charge in [0.25, 0.3) is 0 Å². The number of nitrogens with zero attached hydrogens (tertiary/aromatic N) is 4. The fourth-order valence-corrected chi connectivity index (χ4v) is 3.40. The first-order chi connectivity index (χ1) is 14.2. The average Bonchev–Trinajstić information content (AvgIpc) is 3.20. The van der Waals surface area contributed by atoms with E-state index in [0.717, 1.165) is 49.8 Å². The highest BCUT2D eigenvalue weighted by molar-refractivity contribution is 14.0. The van der Waals surface area contributed by atoms with E-state index in [1.54, 1.807) is 6.20 Å². The molecule has 1 aliphatic heterocycles. The first-order valence-corrected chi connectivity index (χ1v) is 10.6. The Morgan fingerprint density at radius 2 is 2.17 bits per heavy atom. The Bertz CT molecular complexity index is 804. The standard InChI is InChI=1S/C21H29ClN6O.HI/c1-3-12-29-19-8-7-16(13-25-19)14-26-21(23-4-2)27-17-9-11-28(15-17)20-18(22)6-5-10-24-20;/h5-8,10,13,17H,3-4,9,11-12,14-15H2,1-2H3,(H2,23,26,27);1H. The number of halogens is 2. The maximum absolute atomic E-state index is 6.29. The molecule has 7 nitrogen and oxygen atoms in total. The normalized spacial score (nSPS) is 16.2. The number of anilines is 1. The van der Waals surface area contributed by atoms with Crippen LogP contribution in [-0.2, 0) is 6.54 Å². The van der Waals surface area contributed by atoms with Crippen LogP contribution in [0.25, 0.3) is 0 Å². The second kappa shape index (κ2) is 12.8. The van der Waals surface area contributed by atoms with Crippen molar-refractivity contribution < 1.29 is 4.74 Å². The van der Waals surface area contributed by atoms with Gasteiger partial charge in [-0.25, -0.2) is 15.0 Å². The first kappa shape index (κ1) is 24.5. The molecular formula is C21H30ClIN6O. The molecule has 0 radical (unpaired) electrons. The third-order valence-corrected chi connectivity index (χ3v) is 4.88. The molecule has 0 aliphatic carbocycles. The van der Waals surface area contributed by atoms with Crippen molar-refractivity contribution in [2.75, 3.05) is 31.1 Å². The Hall–Kier alpha value is -1.81. The van der Waals surface area contributed by atoms with E-state index in [9.17, 15) is 0 Å². The van der Waals surface area contributed by atoms with Crippen molar-refractivity contribution in [2.24, 2.45) is 4.99 Å². The second-order valence-electron chi connectivity index (χ2n) is 6.93. The Morgan fingerprint density at radius 1 is 1.30 bits per heavy atom. The number of nitrogens with one attached hydrogen (secondary N) is 2. The van der Waals surface area contributed by atoms with E-state index in [1.165, 1.54) is 0 Å². The zero-order valence-corrected chi connectivity index (χ0v) is 20.6. The third kappa shape index (κ3) is 7.16. The van der Waals surface area contributed by atoms with E-state index in [4.69, 9.17) is 21.3 Å². The van der Waals surface area contributed by atoms with Crippen LogP contribution >= 0.6 is 35.6 Å². The lowest BCUT2D eigenvalue weighted by Gasteiger charge is -2.20. The van der Waals surface area contributed by atoms with Crippen LogP contribution in [0.15, 0.2) is 41.7 Å². The van der Waals surface area contributed by atoms with Crippen molar-refractivity contribution >= 4 is 47.4 Å². The molecule has 164 valence electrons. The molecule has 9 heteroatoms. The van der Waals surface area contributed by atoms with Gasteiger partial charge < -0.3 is 20.3 Å². The predicted octanol–water partition coefficient (Wildman–Crippen LogP) is 3.87. The van der Waals surface area contributed by atoms with Crippen LogP contribution in [0.1, 0.15) is 32.3 Å². The fraction of sp³-hybridized carbons (Fsp3) is 0.476. The summed E-state index contributed by atoms with van der Waals surface area (Å²) in [5.41, 5.74) is 1.04. The van der Waals surface area contributed by atoms with Gasteiger partial charge in [0.15, 0.2) is 5.96 Å². The van der Waals surface area contributed by atoms with Gasteiger partial charge in [-0.15, -0.1) is 24.0 Å². The van der Waals surface area contributed by atoms with Crippen LogP contribution in [-0.4, -0.2) is 48.2 Å². The molecule has 0 aromatic carbocycles. The lowest BCUT2D eigenvalue weighted by molar-refractivity contribution is 0.305.